The second kappa shape index (κ2) is 8.90. The van der Waals surface area contributed by atoms with Gasteiger partial charge >= 0.3 is 0 Å². The molecule has 2 amide bonds. The molecular formula is C25H27N3O3S. The maximum Gasteiger partial charge on any atom is 0.228 e. The van der Waals surface area contributed by atoms with Gasteiger partial charge < -0.3 is 14.5 Å². The Morgan fingerprint density at radius 1 is 1.12 bits per heavy atom. The molecular weight excluding hydrogens is 422 g/mol. The van der Waals surface area contributed by atoms with Crippen LogP contribution < -0.4 is 9.64 Å². The van der Waals surface area contributed by atoms with Crippen LogP contribution in [-0.4, -0.2) is 47.9 Å². The second-order valence-electron chi connectivity index (χ2n) is 8.45. The molecule has 0 spiro atoms. The van der Waals surface area contributed by atoms with Crippen molar-refractivity contribution < 1.29 is 14.3 Å². The summed E-state index contributed by atoms with van der Waals surface area (Å²) in [5.74, 6) is 1.04. The van der Waals surface area contributed by atoms with Crippen molar-refractivity contribution in [2.24, 2.45) is 5.92 Å². The Bertz CT molecular complexity index is 1090. The first kappa shape index (κ1) is 20.9. The Morgan fingerprint density at radius 3 is 2.59 bits per heavy atom. The van der Waals surface area contributed by atoms with E-state index in [0.29, 0.717) is 19.1 Å². The number of anilines is 1. The third-order valence-electron chi connectivity index (χ3n) is 6.40. The van der Waals surface area contributed by atoms with E-state index in [9.17, 15) is 9.59 Å². The highest BCUT2D eigenvalue weighted by Gasteiger charge is 2.38. The Balaban J connectivity index is 1.19. The molecule has 1 unspecified atom stereocenters. The molecule has 0 bridgehead atoms. The summed E-state index contributed by atoms with van der Waals surface area (Å²) < 4.78 is 6.70. The average Bonchev–Trinajstić information content (AvgIpc) is 3.43. The van der Waals surface area contributed by atoms with Crippen molar-refractivity contribution in [1.82, 2.24) is 9.88 Å². The Labute approximate surface area is 191 Å². The van der Waals surface area contributed by atoms with Gasteiger partial charge in [-0.2, -0.15) is 0 Å². The molecule has 5 rings (SSSR count). The van der Waals surface area contributed by atoms with Gasteiger partial charge in [-0.25, -0.2) is 4.98 Å². The number of likely N-dealkylation sites (tertiary alicyclic amines) is 1. The van der Waals surface area contributed by atoms with E-state index in [1.165, 1.54) is 9.71 Å². The molecule has 32 heavy (non-hydrogen) atoms. The zero-order valence-electron chi connectivity index (χ0n) is 18.2. The minimum absolute atomic E-state index is 0.0110. The maximum atomic E-state index is 13.2. The van der Waals surface area contributed by atoms with Gasteiger partial charge in [-0.15, -0.1) is 11.3 Å². The van der Waals surface area contributed by atoms with Crippen LogP contribution in [0.3, 0.4) is 0 Å². The lowest BCUT2D eigenvalue weighted by molar-refractivity contribution is -0.136. The molecule has 2 fully saturated rings. The molecule has 0 aliphatic carbocycles. The van der Waals surface area contributed by atoms with Gasteiger partial charge in [-0.05, 0) is 56.2 Å². The number of fused-ring (bicyclic) bond motifs is 1. The number of ether oxygens (including phenoxy) is 1. The van der Waals surface area contributed by atoms with Crippen LogP contribution in [0.2, 0.25) is 0 Å². The van der Waals surface area contributed by atoms with Crippen molar-refractivity contribution in [3.63, 3.8) is 0 Å². The first-order valence-electron chi connectivity index (χ1n) is 11.3. The quantitative estimate of drug-likeness (QED) is 0.577. The third-order valence-corrected chi connectivity index (χ3v) is 7.60. The van der Waals surface area contributed by atoms with Gasteiger partial charge in [0.25, 0.3) is 0 Å². The lowest BCUT2D eigenvalue weighted by Crippen LogP contribution is -2.42. The Morgan fingerprint density at radius 2 is 1.88 bits per heavy atom. The van der Waals surface area contributed by atoms with Crippen molar-refractivity contribution in [2.75, 3.05) is 31.1 Å². The van der Waals surface area contributed by atoms with Crippen molar-refractivity contribution in [1.29, 1.82) is 0 Å². The van der Waals surface area contributed by atoms with Crippen molar-refractivity contribution in [3.8, 4) is 5.75 Å². The minimum atomic E-state index is -0.270. The van der Waals surface area contributed by atoms with E-state index in [1.807, 2.05) is 48.2 Å². The van der Waals surface area contributed by atoms with Gasteiger partial charge in [-0.1, -0.05) is 12.1 Å². The summed E-state index contributed by atoms with van der Waals surface area (Å²) in [4.78, 5) is 34.3. The van der Waals surface area contributed by atoms with Gasteiger partial charge in [0.15, 0.2) is 0 Å². The first-order valence-corrected chi connectivity index (χ1v) is 12.1. The van der Waals surface area contributed by atoms with Crippen LogP contribution in [0, 0.1) is 5.92 Å². The third kappa shape index (κ3) is 4.09. The predicted molar refractivity (Wildman–Crippen MR) is 126 cm³/mol. The molecule has 166 valence electrons. The molecule has 6 nitrogen and oxygen atoms in total. The molecule has 3 aromatic rings. The molecule has 0 radical (unpaired) electrons. The number of thiazole rings is 1. The molecule has 0 saturated carbocycles. The number of hydrogen-bond acceptors (Lipinski definition) is 5. The average molecular weight is 450 g/mol. The molecule has 2 aliphatic heterocycles. The van der Waals surface area contributed by atoms with Crippen molar-refractivity contribution in [3.05, 3.63) is 53.5 Å². The highest BCUT2D eigenvalue weighted by Crippen LogP contribution is 2.35. The zero-order chi connectivity index (χ0) is 22.1. The molecule has 2 saturated heterocycles. The largest absolute Gasteiger partial charge is 0.494 e. The van der Waals surface area contributed by atoms with Gasteiger partial charge in [-0.3, -0.25) is 9.59 Å². The number of benzene rings is 2. The lowest BCUT2D eigenvalue weighted by atomic mass is 9.96. The van der Waals surface area contributed by atoms with E-state index in [0.717, 1.165) is 42.9 Å². The number of aromatic nitrogens is 1. The number of para-hydroxylation sites is 1. The number of nitrogens with zero attached hydrogens (tertiary/aromatic N) is 3. The van der Waals surface area contributed by atoms with Crippen molar-refractivity contribution in [2.45, 2.75) is 32.1 Å². The van der Waals surface area contributed by atoms with Crippen LogP contribution in [0.15, 0.2) is 48.5 Å². The fourth-order valence-corrected chi connectivity index (χ4v) is 5.82. The fraction of sp³-hybridized carbons (Fsp3) is 0.400. The van der Waals surface area contributed by atoms with E-state index in [-0.39, 0.29) is 24.2 Å². The van der Waals surface area contributed by atoms with Crippen LogP contribution in [0.5, 0.6) is 5.75 Å². The van der Waals surface area contributed by atoms with E-state index >= 15 is 0 Å². The summed E-state index contributed by atoms with van der Waals surface area (Å²) >= 11 is 1.77. The molecule has 7 heteroatoms. The molecule has 3 heterocycles. The number of piperidine rings is 1. The Hall–Kier alpha value is -2.93. The second-order valence-corrected chi connectivity index (χ2v) is 9.51. The summed E-state index contributed by atoms with van der Waals surface area (Å²) in [5.41, 5.74) is 1.88. The minimum Gasteiger partial charge on any atom is -0.494 e. The van der Waals surface area contributed by atoms with E-state index < -0.39 is 0 Å². The molecule has 2 aromatic carbocycles. The van der Waals surface area contributed by atoms with Crippen LogP contribution in [-0.2, 0) is 9.59 Å². The van der Waals surface area contributed by atoms with E-state index in [2.05, 4.69) is 12.1 Å². The van der Waals surface area contributed by atoms with E-state index in [4.69, 9.17) is 9.72 Å². The summed E-state index contributed by atoms with van der Waals surface area (Å²) in [6.07, 6.45) is 2.13. The monoisotopic (exact) mass is 449 g/mol. The van der Waals surface area contributed by atoms with Crippen molar-refractivity contribution >= 4 is 39.1 Å². The van der Waals surface area contributed by atoms with Gasteiger partial charge in [0.2, 0.25) is 11.8 Å². The van der Waals surface area contributed by atoms with Gasteiger partial charge in [0.05, 0.1) is 27.7 Å². The zero-order valence-corrected chi connectivity index (χ0v) is 19.0. The van der Waals surface area contributed by atoms with Crippen LogP contribution >= 0.6 is 11.3 Å². The first-order chi connectivity index (χ1) is 15.6. The summed E-state index contributed by atoms with van der Waals surface area (Å²) in [5, 5.41) is 1.18. The topological polar surface area (TPSA) is 62.7 Å². The van der Waals surface area contributed by atoms with Crippen LogP contribution in [0.25, 0.3) is 10.2 Å². The number of amides is 2. The predicted octanol–water partition coefficient (Wildman–Crippen LogP) is 4.45. The summed E-state index contributed by atoms with van der Waals surface area (Å²) in [7, 11) is 0. The number of hydrogen-bond donors (Lipinski definition) is 0. The lowest BCUT2D eigenvalue weighted by Gasteiger charge is -2.32. The molecule has 1 atom stereocenters. The summed E-state index contributed by atoms with van der Waals surface area (Å²) in [6.45, 7) is 4.45. The van der Waals surface area contributed by atoms with E-state index in [1.54, 1.807) is 16.2 Å². The SMILES string of the molecule is CCOc1ccc(N2CC(C(=O)N3CCC(c4nc5ccccc5s4)CC3)CC2=O)cc1. The number of carbonyl (C=O) groups is 2. The number of rotatable bonds is 5. The van der Waals surface area contributed by atoms with Gasteiger partial charge in [0.1, 0.15) is 5.75 Å². The number of carbonyl (C=O) groups excluding carboxylic acids is 2. The smallest absolute Gasteiger partial charge is 0.228 e. The highest BCUT2D eigenvalue weighted by molar-refractivity contribution is 7.18. The van der Waals surface area contributed by atoms with Crippen LogP contribution in [0.1, 0.15) is 37.1 Å². The standard InChI is InChI=1S/C25H27N3O3S/c1-2-31-20-9-7-19(8-10-20)28-16-18(15-23(28)29)25(30)27-13-11-17(12-14-27)24-26-21-5-3-4-6-22(21)32-24/h3-10,17-18H,2,11-16H2,1H3. The fourth-order valence-electron chi connectivity index (χ4n) is 4.68. The molecule has 0 N–H and O–H groups in total. The Kier molecular flexibility index (Phi) is 5.83. The molecule has 1 aromatic heterocycles. The maximum absolute atomic E-state index is 13.2. The summed E-state index contributed by atoms with van der Waals surface area (Å²) in [6, 6.07) is 15.8. The molecule has 2 aliphatic rings. The van der Waals surface area contributed by atoms with Crippen LogP contribution in [0.4, 0.5) is 5.69 Å². The normalized spacial score (nSPS) is 19.7. The van der Waals surface area contributed by atoms with Gasteiger partial charge in [0, 0.05) is 37.7 Å². The highest BCUT2D eigenvalue weighted by atomic mass is 32.1.